The van der Waals surface area contributed by atoms with Gasteiger partial charge in [0.2, 0.25) is 5.91 Å². The largest absolute Gasteiger partial charge is 0.372 e. The molecule has 0 saturated heterocycles. The zero-order valence-corrected chi connectivity index (χ0v) is 8.67. The van der Waals surface area contributed by atoms with E-state index in [0.29, 0.717) is 32.4 Å². The number of ether oxygens (including phenoxy) is 1. The number of amides is 1. The van der Waals surface area contributed by atoms with Crippen LogP contribution in [0.3, 0.4) is 0 Å². The van der Waals surface area contributed by atoms with Crippen LogP contribution in [-0.4, -0.2) is 31.4 Å². The van der Waals surface area contributed by atoms with E-state index in [1.165, 1.54) is 0 Å². The van der Waals surface area contributed by atoms with E-state index in [-0.39, 0.29) is 18.3 Å². The van der Waals surface area contributed by atoms with Crippen LogP contribution in [0.15, 0.2) is 0 Å². The number of Topliss-reactive ketones (excluding diaryl/α,β-unsaturated/α-hetero) is 1. The van der Waals surface area contributed by atoms with Crippen molar-refractivity contribution in [3.8, 4) is 0 Å². The molecule has 0 heterocycles. The van der Waals surface area contributed by atoms with Crippen LogP contribution in [-0.2, 0) is 14.3 Å². The maximum Gasteiger partial charge on any atom is 0.246 e. The summed E-state index contributed by atoms with van der Waals surface area (Å²) < 4.78 is 4.97. The molecule has 0 aromatic rings. The molecular weight excluding hydrogens is 182 g/mol. The van der Waals surface area contributed by atoms with E-state index >= 15 is 0 Å². The topological polar surface area (TPSA) is 55.4 Å². The lowest BCUT2D eigenvalue weighted by Gasteiger charge is -2.04. The normalized spacial score (nSPS) is 9.86. The van der Waals surface area contributed by atoms with Crippen molar-refractivity contribution < 1.29 is 14.3 Å². The Morgan fingerprint density at radius 1 is 1.43 bits per heavy atom. The van der Waals surface area contributed by atoms with Gasteiger partial charge in [-0.1, -0.05) is 13.8 Å². The maximum absolute atomic E-state index is 11.0. The van der Waals surface area contributed by atoms with Gasteiger partial charge in [0.05, 0.1) is 0 Å². The average Bonchev–Trinajstić information content (AvgIpc) is 2.18. The quantitative estimate of drug-likeness (QED) is 0.587. The van der Waals surface area contributed by atoms with Gasteiger partial charge in [0, 0.05) is 26.0 Å². The molecule has 0 atom stereocenters. The fourth-order valence-electron chi connectivity index (χ4n) is 0.836. The second kappa shape index (κ2) is 8.69. The van der Waals surface area contributed by atoms with E-state index in [1.807, 2.05) is 6.92 Å². The van der Waals surface area contributed by atoms with Crippen LogP contribution in [0.25, 0.3) is 0 Å². The third kappa shape index (κ3) is 7.73. The molecule has 0 aromatic carbocycles. The number of carbonyl (C=O) groups is 2. The molecule has 0 aliphatic rings. The Hall–Kier alpha value is -0.900. The summed E-state index contributed by atoms with van der Waals surface area (Å²) in [5, 5.41) is 2.60. The number of rotatable bonds is 8. The molecule has 0 rings (SSSR count). The third-order valence-corrected chi connectivity index (χ3v) is 1.64. The first kappa shape index (κ1) is 13.1. The molecule has 1 radical (unpaired) electrons. The van der Waals surface area contributed by atoms with Crippen molar-refractivity contribution in [3.05, 3.63) is 6.92 Å². The summed E-state index contributed by atoms with van der Waals surface area (Å²) in [5.74, 6) is -0.0219. The highest BCUT2D eigenvalue weighted by atomic mass is 16.5. The minimum absolute atomic E-state index is 0.0514. The zero-order valence-electron chi connectivity index (χ0n) is 8.67. The van der Waals surface area contributed by atoms with Crippen LogP contribution in [0.5, 0.6) is 0 Å². The lowest BCUT2D eigenvalue weighted by molar-refractivity contribution is -0.125. The molecule has 0 aliphatic heterocycles. The molecule has 0 aliphatic carbocycles. The zero-order chi connectivity index (χ0) is 10.8. The number of hydrogen-bond acceptors (Lipinski definition) is 3. The standard InChI is InChI=1S/C10H18NO3/c1-3-7-14-8-10(13)11-6-5-9(12)4-2/h1,3-8H2,2H3,(H,11,13). The summed E-state index contributed by atoms with van der Waals surface area (Å²) in [6.45, 7) is 6.33. The summed E-state index contributed by atoms with van der Waals surface area (Å²) in [6.07, 6.45) is 1.58. The molecule has 0 bridgehead atoms. The Labute approximate surface area is 85.0 Å². The molecule has 81 valence electrons. The van der Waals surface area contributed by atoms with E-state index in [9.17, 15) is 9.59 Å². The molecule has 0 unspecified atom stereocenters. The van der Waals surface area contributed by atoms with Crippen LogP contribution in [0, 0.1) is 6.92 Å². The molecule has 4 nitrogen and oxygen atoms in total. The van der Waals surface area contributed by atoms with Gasteiger partial charge in [-0.2, -0.15) is 0 Å². The second-order valence-electron chi connectivity index (χ2n) is 2.90. The van der Waals surface area contributed by atoms with Gasteiger partial charge in [0.1, 0.15) is 12.4 Å². The lowest BCUT2D eigenvalue weighted by atomic mass is 10.2. The van der Waals surface area contributed by atoms with Crippen molar-refractivity contribution in [2.24, 2.45) is 0 Å². The predicted octanol–water partition coefficient (Wildman–Crippen LogP) is 0.713. The molecule has 14 heavy (non-hydrogen) atoms. The first-order valence-electron chi connectivity index (χ1n) is 4.86. The highest BCUT2D eigenvalue weighted by Crippen LogP contribution is 1.86. The molecule has 0 aromatic heterocycles. The van der Waals surface area contributed by atoms with Crippen LogP contribution >= 0.6 is 0 Å². The van der Waals surface area contributed by atoms with Crippen molar-refractivity contribution in [1.82, 2.24) is 5.32 Å². The highest BCUT2D eigenvalue weighted by Gasteiger charge is 2.02. The number of ketones is 1. The van der Waals surface area contributed by atoms with Gasteiger partial charge in [-0.25, -0.2) is 0 Å². The van der Waals surface area contributed by atoms with Gasteiger partial charge in [-0.15, -0.1) is 0 Å². The fraction of sp³-hybridized carbons (Fsp3) is 0.700. The van der Waals surface area contributed by atoms with Gasteiger partial charge < -0.3 is 10.1 Å². The average molecular weight is 200 g/mol. The maximum atomic E-state index is 11.0. The molecule has 1 amide bonds. The van der Waals surface area contributed by atoms with Gasteiger partial charge in [-0.05, 0) is 6.42 Å². The monoisotopic (exact) mass is 200 g/mol. The van der Waals surface area contributed by atoms with Crippen LogP contribution in [0.4, 0.5) is 0 Å². The Morgan fingerprint density at radius 2 is 2.14 bits per heavy atom. The lowest BCUT2D eigenvalue weighted by Crippen LogP contribution is -2.29. The Balaban J connectivity index is 3.31. The van der Waals surface area contributed by atoms with Gasteiger partial charge in [0.25, 0.3) is 0 Å². The van der Waals surface area contributed by atoms with Crippen molar-refractivity contribution in [1.29, 1.82) is 0 Å². The number of hydrogen-bond donors (Lipinski definition) is 1. The van der Waals surface area contributed by atoms with Gasteiger partial charge in [-0.3, -0.25) is 9.59 Å². The molecule has 0 fully saturated rings. The smallest absolute Gasteiger partial charge is 0.246 e. The van der Waals surface area contributed by atoms with Crippen molar-refractivity contribution in [2.45, 2.75) is 26.2 Å². The van der Waals surface area contributed by atoms with E-state index in [0.717, 1.165) is 0 Å². The summed E-state index contributed by atoms with van der Waals surface area (Å²) in [6, 6.07) is 0. The molecule has 4 heteroatoms. The van der Waals surface area contributed by atoms with Crippen molar-refractivity contribution in [2.75, 3.05) is 19.8 Å². The molecule has 0 spiro atoms. The summed E-state index contributed by atoms with van der Waals surface area (Å²) in [5.41, 5.74) is 0. The Morgan fingerprint density at radius 3 is 2.71 bits per heavy atom. The fourth-order valence-corrected chi connectivity index (χ4v) is 0.836. The van der Waals surface area contributed by atoms with Gasteiger partial charge >= 0.3 is 0 Å². The molecule has 0 saturated carbocycles. The van der Waals surface area contributed by atoms with E-state index in [2.05, 4.69) is 12.2 Å². The van der Waals surface area contributed by atoms with Crippen molar-refractivity contribution in [3.63, 3.8) is 0 Å². The number of nitrogens with one attached hydrogen (secondary N) is 1. The SMILES string of the molecule is [CH2]CCOCC(=O)NCCC(=O)CC. The van der Waals surface area contributed by atoms with Crippen LogP contribution in [0.1, 0.15) is 26.2 Å². The molecular formula is C10H18NO3. The van der Waals surface area contributed by atoms with Crippen molar-refractivity contribution >= 4 is 11.7 Å². The first-order chi connectivity index (χ1) is 6.70. The summed E-state index contributed by atoms with van der Waals surface area (Å²) >= 11 is 0. The summed E-state index contributed by atoms with van der Waals surface area (Å²) in [7, 11) is 0. The first-order valence-corrected chi connectivity index (χ1v) is 4.86. The predicted molar refractivity (Wildman–Crippen MR) is 53.7 cm³/mol. The van der Waals surface area contributed by atoms with Crippen LogP contribution < -0.4 is 5.32 Å². The van der Waals surface area contributed by atoms with E-state index in [1.54, 1.807) is 0 Å². The minimum atomic E-state index is -0.178. The Kier molecular flexibility index (Phi) is 8.13. The van der Waals surface area contributed by atoms with Gasteiger partial charge in [0.15, 0.2) is 0 Å². The second-order valence-corrected chi connectivity index (χ2v) is 2.90. The molecule has 1 N–H and O–H groups in total. The van der Waals surface area contributed by atoms with Crippen LogP contribution in [0.2, 0.25) is 0 Å². The summed E-state index contributed by atoms with van der Waals surface area (Å²) in [4.78, 5) is 21.9. The highest BCUT2D eigenvalue weighted by molar-refractivity contribution is 5.80. The van der Waals surface area contributed by atoms with E-state index in [4.69, 9.17) is 4.74 Å². The van der Waals surface area contributed by atoms with E-state index < -0.39 is 0 Å². The third-order valence-electron chi connectivity index (χ3n) is 1.64. The Bertz CT molecular complexity index is 180. The minimum Gasteiger partial charge on any atom is -0.372 e. The number of carbonyl (C=O) groups excluding carboxylic acids is 2.